The van der Waals surface area contributed by atoms with Crippen molar-refractivity contribution in [2.24, 2.45) is 0 Å². The first kappa shape index (κ1) is 18.2. The van der Waals surface area contributed by atoms with Crippen LogP contribution in [0.5, 0.6) is 0 Å². The Morgan fingerprint density at radius 2 is 2.10 bits per heavy atom. The van der Waals surface area contributed by atoms with Gasteiger partial charge in [0.1, 0.15) is 0 Å². The number of anilines is 1. The highest BCUT2D eigenvalue weighted by atomic mass is 35.5. The lowest BCUT2D eigenvalue weighted by molar-refractivity contribution is -0.116. The van der Waals surface area contributed by atoms with Crippen molar-refractivity contribution in [3.63, 3.8) is 0 Å². The third kappa shape index (κ3) is 6.22. The van der Waals surface area contributed by atoms with Crippen LogP contribution in [0.3, 0.4) is 0 Å². The Balaban J connectivity index is 0.00000220. The topological polar surface area (TPSA) is 44.4 Å². The number of amides is 1. The number of hydrogen-bond donors (Lipinski definition) is 2. The molecule has 1 aromatic rings. The molecule has 1 aliphatic rings. The van der Waals surface area contributed by atoms with Gasteiger partial charge in [0.15, 0.2) is 0 Å². The first-order chi connectivity index (χ1) is 9.67. The number of nitrogens with zero attached hydrogens (tertiary/aromatic N) is 1. The Hall–Kier alpha value is -0.810. The quantitative estimate of drug-likeness (QED) is 0.871. The van der Waals surface area contributed by atoms with Crippen molar-refractivity contribution in [3.8, 4) is 0 Å². The standard InChI is InChI=1S/C15H22ClN3O.ClH/c1-17-13-5-8-19(9-6-13)10-7-15(20)18-14-4-2-3-12(16)11-14;/h2-4,11,13,17H,5-10H2,1H3,(H,18,20);1H. The number of benzene rings is 1. The second kappa shape index (κ2) is 9.26. The Bertz CT molecular complexity index is 448. The predicted molar refractivity (Wildman–Crippen MR) is 90.5 cm³/mol. The van der Waals surface area contributed by atoms with E-state index in [1.807, 2.05) is 19.2 Å². The summed E-state index contributed by atoms with van der Waals surface area (Å²) >= 11 is 5.89. The van der Waals surface area contributed by atoms with E-state index in [4.69, 9.17) is 11.6 Å². The zero-order chi connectivity index (χ0) is 14.4. The smallest absolute Gasteiger partial charge is 0.225 e. The average molecular weight is 332 g/mol. The van der Waals surface area contributed by atoms with E-state index < -0.39 is 0 Å². The van der Waals surface area contributed by atoms with Crippen LogP contribution in [0.1, 0.15) is 19.3 Å². The third-order valence-corrected chi connectivity index (χ3v) is 3.99. The molecular formula is C15H23Cl2N3O. The van der Waals surface area contributed by atoms with Crippen molar-refractivity contribution in [1.82, 2.24) is 10.2 Å². The van der Waals surface area contributed by atoms with Gasteiger partial charge in [-0.2, -0.15) is 0 Å². The molecule has 1 heterocycles. The maximum Gasteiger partial charge on any atom is 0.225 e. The van der Waals surface area contributed by atoms with Gasteiger partial charge in [-0.15, -0.1) is 12.4 Å². The molecule has 0 bridgehead atoms. The van der Waals surface area contributed by atoms with Gasteiger partial charge in [0.05, 0.1) is 0 Å². The molecule has 0 saturated carbocycles. The summed E-state index contributed by atoms with van der Waals surface area (Å²) < 4.78 is 0. The van der Waals surface area contributed by atoms with Gasteiger partial charge in [-0.25, -0.2) is 0 Å². The highest BCUT2D eigenvalue weighted by molar-refractivity contribution is 6.30. The molecule has 4 nitrogen and oxygen atoms in total. The normalized spacial score (nSPS) is 16.3. The van der Waals surface area contributed by atoms with Crippen molar-refractivity contribution < 1.29 is 4.79 Å². The number of rotatable bonds is 5. The van der Waals surface area contributed by atoms with Crippen LogP contribution in [0.4, 0.5) is 5.69 Å². The third-order valence-electron chi connectivity index (χ3n) is 3.76. The first-order valence-corrected chi connectivity index (χ1v) is 7.50. The zero-order valence-corrected chi connectivity index (χ0v) is 13.8. The molecule has 1 saturated heterocycles. The molecule has 1 aliphatic heterocycles. The summed E-state index contributed by atoms with van der Waals surface area (Å²) in [7, 11) is 2.01. The predicted octanol–water partition coefficient (Wildman–Crippen LogP) is 2.77. The fourth-order valence-corrected chi connectivity index (χ4v) is 2.68. The Kier molecular flexibility index (Phi) is 8.04. The molecule has 0 unspecified atom stereocenters. The largest absolute Gasteiger partial charge is 0.326 e. The second-order valence-corrected chi connectivity index (χ2v) is 5.65. The Morgan fingerprint density at radius 1 is 1.38 bits per heavy atom. The molecule has 1 fully saturated rings. The lowest BCUT2D eigenvalue weighted by atomic mass is 10.1. The summed E-state index contributed by atoms with van der Waals surface area (Å²) in [6.45, 7) is 2.95. The first-order valence-electron chi connectivity index (χ1n) is 7.12. The van der Waals surface area contributed by atoms with Crippen molar-refractivity contribution in [2.45, 2.75) is 25.3 Å². The van der Waals surface area contributed by atoms with Crippen LogP contribution < -0.4 is 10.6 Å². The van der Waals surface area contributed by atoms with E-state index in [9.17, 15) is 4.79 Å². The van der Waals surface area contributed by atoms with Gasteiger partial charge in [-0.3, -0.25) is 4.79 Å². The Morgan fingerprint density at radius 3 is 2.71 bits per heavy atom. The van der Waals surface area contributed by atoms with Gasteiger partial charge in [0.2, 0.25) is 5.91 Å². The SMILES string of the molecule is CNC1CCN(CCC(=O)Nc2cccc(Cl)c2)CC1.Cl. The lowest BCUT2D eigenvalue weighted by Gasteiger charge is -2.31. The van der Waals surface area contributed by atoms with Crippen LogP contribution in [-0.4, -0.2) is 43.5 Å². The van der Waals surface area contributed by atoms with Crippen molar-refractivity contribution >= 4 is 35.6 Å². The Labute approximate surface area is 137 Å². The average Bonchev–Trinajstić information content (AvgIpc) is 2.46. The van der Waals surface area contributed by atoms with E-state index in [0.29, 0.717) is 17.5 Å². The number of piperidine rings is 1. The molecule has 1 amide bonds. The molecule has 21 heavy (non-hydrogen) atoms. The molecule has 0 radical (unpaired) electrons. The van der Waals surface area contributed by atoms with Gasteiger partial charge in [-0.1, -0.05) is 17.7 Å². The van der Waals surface area contributed by atoms with Gasteiger partial charge in [0, 0.05) is 29.7 Å². The van der Waals surface area contributed by atoms with Crippen LogP contribution in [0.2, 0.25) is 5.02 Å². The molecule has 2 N–H and O–H groups in total. The van der Waals surface area contributed by atoms with E-state index in [2.05, 4.69) is 15.5 Å². The molecule has 6 heteroatoms. The highest BCUT2D eigenvalue weighted by Crippen LogP contribution is 2.15. The van der Waals surface area contributed by atoms with Crippen LogP contribution in [0.15, 0.2) is 24.3 Å². The number of hydrogen-bond acceptors (Lipinski definition) is 3. The van der Waals surface area contributed by atoms with E-state index in [0.717, 1.165) is 38.2 Å². The molecule has 118 valence electrons. The summed E-state index contributed by atoms with van der Waals surface area (Å²) in [5.74, 6) is 0.0445. The van der Waals surface area contributed by atoms with Crippen LogP contribution >= 0.6 is 24.0 Å². The van der Waals surface area contributed by atoms with Crippen molar-refractivity contribution in [3.05, 3.63) is 29.3 Å². The van der Waals surface area contributed by atoms with E-state index in [-0.39, 0.29) is 18.3 Å². The molecule has 0 aromatic heterocycles. The summed E-state index contributed by atoms with van der Waals surface area (Å²) in [6, 6.07) is 7.87. The number of carbonyl (C=O) groups excluding carboxylic acids is 1. The number of halogens is 2. The number of likely N-dealkylation sites (tertiary alicyclic amines) is 1. The second-order valence-electron chi connectivity index (χ2n) is 5.21. The fraction of sp³-hybridized carbons (Fsp3) is 0.533. The molecule has 2 rings (SSSR count). The summed E-state index contributed by atoms with van der Waals surface area (Å²) in [5.41, 5.74) is 0.761. The summed E-state index contributed by atoms with van der Waals surface area (Å²) in [5, 5.41) is 6.82. The van der Waals surface area contributed by atoms with Crippen molar-refractivity contribution in [1.29, 1.82) is 0 Å². The van der Waals surface area contributed by atoms with E-state index in [1.54, 1.807) is 12.1 Å². The minimum absolute atomic E-state index is 0. The van der Waals surface area contributed by atoms with E-state index in [1.165, 1.54) is 0 Å². The molecule has 0 atom stereocenters. The summed E-state index contributed by atoms with van der Waals surface area (Å²) in [6.07, 6.45) is 2.84. The lowest BCUT2D eigenvalue weighted by Crippen LogP contribution is -2.42. The number of nitrogens with one attached hydrogen (secondary N) is 2. The van der Waals surface area contributed by atoms with E-state index >= 15 is 0 Å². The highest BCUT2D eigenvalue weighted by Gasteiger charge is 2.17. The molecular weight excluding hydrogens is 309 g/mol. The van der Waals surface area contributed by atoms with Gasteiger partial charge >= 0.3 is 0 Å². The molecule has 1 aromatic carbocycles. The van der Waals surface area contributed by atoms with Crippen LogP contribution in [0.25, 0.3) is 0 Å². The monoisotopic (exact) mass is 331 g/mol. The minimum atomic E-state index is 0. The molecule has 0 aliphatic carbocycles. The van der Waals surface area contributed by atoms with Gasteiger partial charge < -0.3 is 15.5 Å². The van der Waals surface area contributed by atoms with Gasteiger partial charge in [0.25, 0.3) is 0 Å². The maximum absolute atomic E-state index is 11.9. The maximum atomic E-state index is 11.9. The zero-order valence-electron chi connectivity index (χ0n) is 12.3. The molecule has 0 spiro atoms. The van der Waals surface area contributed by atoms with Crippen LogP contribution in [0, 0.1) is 0 Å². The van der Waals surface area contributed by atoms with Crippen molar-refractivity contribution in [2.75, 3.05) is 32.0 Å². The summed E-state index contributed by atoms with van der Waals surface area (Å²) in [4.78, 5) is 14.2. The number of carbonyl (C=O) groups is 1. The van der Waals surface area contributed by atoms with Gasteiger partial charge in [-0.05, 0) is 51.2 Å². The van der Waals surface area contributed by atoms with Crippen LogP contribution in [-0.2, 0) is 4.79 Å². The minimum Gasteiger partial charge on any atom is -0.326 e. The fourth-order valence-electron chi connectivity index (χ4n) is 2.49.